The zero-order valence-corrected chi connectivity index (χ0v) is 14.4. The predicted octanol–water partition coefficient (Wildman–Crippen LogP) is 2.47. The smallest absolute Gasteiger partial charge is 0.308 e. The van der Waals surface area contributed by atoms with E-state index in [1.165, 1.54) is 11.8 Å². The number of likely N-dealkylation sites (tertiary alicyclic amines) is 1. The molecule has 0 radical (unpaired) electrons. The highest BCUT2D eigenvalue weighted by Gasteiger charge is 2.33. The number of piperidine rings is 1. The molecule has 1 aromatic rings. The minimum absolute atomic E-state index is 0.0604. The van der Waals surface area contributed by atoms with Crippen molar-refractivity contribution in [1.82, 2.24) is 4.90 Å². The SMILES string of the molecule is O=C(O)[C@H]1CCCN(C(=O)C[C@H]2Sc3ccc(Cl)cc3NC2=O)C1. The Labute approximate surface area is 148 Å². The Morgan fingerprint density at radius 1 is 1.42 bits per heavy atom. The topological polar surface area (TPSA) is 86.7 Å². The quantitative estimate of drug-likeness (QED) is 0.855. The van der Waals surface area contributed by atoms with Gasteiger partial charge >= 0.3 is 5.97 Å². The fourth-order valence-corrected chi connectivity index (χ4v) is 4.20. The second-order valence-electron chi connectivity index (χ2n) is 5.96. The summed E-state index contributed by atoms with van der Waals surface area (Å²) < 4.78 is 0. The summed E-state index contributed by atoms with van der Waals surface area (Å²) in [5.41, 5.74) is 0.658. The first-order valence-corrected chi connectivity index (χ1v) is 8.97. The molecule has 0 bridgehead atoms. The molecule has 2 aliphatic rings. The fraction of sp³-hybridized carbons (Fsp3) is 0.438. The lowest BCUT2D eigenvalue weighted by Gasteiger charge is -2.32. The van der Waals surface area contributed by atoms with E-state index in [-0.39, 0.29) is 24.8 Å². The molecule has 2 N–H and O–H groups in total. The summed E-state index contributed by atoms with van der Waals surface area (Å²) in [6, 6.07) is 5.24. The van der Waals surface area contributed by atoms with Crippen LogP contribution >= 0.6 is 23.4 Å². The molecule has 0 unspecified atom stereocenters. The van der Waals surface area contributed by atoms with Gasteiger partial charge in [0.15, 0.2) is 0 Å². The summed E-state index contributed by atoms with van der Waals surface area (Å²) in [4.78, 5) is 38.2. The van der Waals surface area contributed by atoms with E-state index >= 15 is 0 Å². The van der Waals surface area contributed by atoms with Crippen molar-refractivity contribution >= 4 is 46.8 Å². The van der Waals surface area contributed by atoms with Gasteiger partial charge in [-0.25, -0.2) is 0 Å². The van der Waals surface area contributed by atoms with Gasteiger partial charge in [-0.1, -0.05) is 11.6 Å². The van der Waals surface area contributed by atoms with Crippen LogP contribution in [0.25, 0.3) is 0 Å². The maximum atomic E-state index is 12.5. The zero-order valence-electron chi connectivity index (χ0n) is 12.8. The summed E-state index contributed by atoms with van der Waals surface area (Å²) in [6.07, 6.45) is 1.32. The molecule has 2 heterocycles. The van der Waals surface area contributed by atoms with Crippen LogP contribution in [0.15, 0.2) is 23.1 Å². The van der Waals surface area contributed by atoms with Gasteiger partial charge in [-0.2, -0.15) is 0 Å². The average molecular weight is 369 g/mol. The second kappa shape index (κ2) is 7.03. The Hall–Kier alpha value is -1.73. The number of thioether (sulfide) groups is 1. The van der Waals surface area contributed by atoms with Crippen molar-refractivity contribution in [2.24, 2.45) is 5.92 Å². The Balaban J connectivity index is 1.65. The number of fused-ring (bicyclic) bond motifs is 1. The number of rotatable bonds is 3. The standard InChI is InChI=1S/C16H17ClN2O4S/c17-10-3-4-12-11(6-10)18-15(21)13(24-12)7-14(20)19-5-1-2-9(8-19)16(22)23/h3-4,6,9,13H,1-2,5,7-8H2,(H,18,21)(H,22,23)/t9-,13+/m0/s1. The Kier molecular flexibility index (Phi) is 5.01. The molecule has 128 valence electrons. The Morgan fingerprint density at radius 2 is 2.21 bits per heavy atom. The lowest BCUT2D eigenvalue weighted by molar-refractivity contribution is -0.146. The van der Waals surface area contributed by atoms with Crippen LogP contribution < -0.4 is 5.32 Å². The number of benzene rings is 1. The average Bonchev–Trinajstić information content (AvgIpc) is 2.55. The normalized spacial score (nSPS) is 23.4. The van der Waals surface area contributed by atoms with Crippen molar-refractivity contribution < 1.29 is 19.5 Å². The summed E-state index contributed by atoms with van der Waals surface area (Å²) in [5.74, 6) is -1.79. The van der Waals surface area contributed by atoms with Crippen LogP contribution in [0.4, 0.5) is 5.69 Å². The van der Waals surface area contributed by atoms with E-state index in [0.29, 0.717) is 30.1 Å². The van der Waals surface area contributed by atoms with Gasteiger partial charge in [0.2, 0.25) is 11.8 Å². The van der Waals surface area contributed by atoms with Gasteiger partial charge < -0.3 is 15.3 Å². The van der Waals surface area contributed by atoms with E-state index in [4.69, 9.17) is 16.7 Å². The molecule has 0 spiro atoms. The van der Waals surface area contributed by atoms with Gasteiger partial charge in [-0.05, 0) is 31.0 Å². The van der Waals surface area contributed by atoms with Crippen molar-refractivity contribution in [2.45, 2.75) is 29.4 Å². The highest BCUT2D eigenvalue weighted by Crippen LogP contribution is 2.38. The third-order valence-electron chi connectivity index (χ3n) is 4.24. The van der Waals surface area contributed by atoms with E-state index < -0.39 is 17.1 Å². The molecule has 1 aromatic carbocycles. The molecule has 2 amide bonds. The van der Waals surface area contributed by atoms with Gasteiger partial charge in [-0.3, -0.25) is 14.4 Å². The molecule has 3 rings (SSSR count). The fourth-order valence-electron chi connectivity index (χ4n) is 2.95. The largest absolute Gasteiger partial charge is 0.481 e. The zero-order chi connectivity index (χ0) is 17.3. The highest BCUT2D eigenvalue weighted by molar-refractivity contribution is 8.01. The summed E-state index contributed by atoms with van der Waals surface area (Å²) >= 11 is 7.26. The number of halogens is 1. The molecule has 1 fully saturated rings. The van der Waals surface area contributed by atoms with Crippen LogP contribution in [0.3, 0.4) is 0 Å². The van der Waals surface area contributed by atoms with Crippen LogP contribution in [-0.2, 0) is 14.4 Å². The predicted molar refractivity (Wildman–Crippen MR) is 91.3 cm³/mol. The Bertz CT molecular complexity index is 697. The molecule has 24 heavy (non-hydrogen) atoms. The molecule has 8 heteroatoms. The lowest BCUT2D eigenvalue weighted by atomic mass is 9.98. The molecule has 0 aliphatic carbocycles. The number of aliphatic carboxylic acids is 1. The third-order valence-corrected chi connectivity index (χ3v) is 5.75. The van der Waals surface area contributed by atoms with Crippen molar-refractivity contribution in [1.29, 1.82) is 0 Å². The molecular formula is C16H17ClN2O4S. The minimum Gasteiger partial charge on any atom is -0.481 e. The number of carboxylic acids is 1. The minimum atomic E-state index is -0.872. The maximum Gasteiger partial charge on any atom is 0.308 e. The van der Waals surface area contributed by atoms with E-state index in [1.807, 2.05) is 6.07 Å². The van der Waals surface area contributed by atoms with Gasteiger partial charge in [-0.15, -0.1) is 11.8 Å². The number of nitrogens with zero attached hydrogens (tertiary/aromatic N) is 1. The van der Waals surface area contributed by atoms with E-state index in [1.54, 1.807) is 17.0 Å². The first-order chi connectivity index (χ1) is 11.4. The third kappa shape index (κ3) is 3.67. The summed E-state index contributed by atoms with van der Waals surface area (Å²) in [5, 5.41) is 11.9. The van der Waals surface area contributed by atoms with E-state index in [0.717, 1.165) is 4.90 Å². The number of carbonyl (C=O) groups excluding carboxylic acids is 2. The molecule has 6 nitrogen and oxygen atoms in total. The number of carboxylic acid groups (broad SMARTS) is 1. The number of amides is 2. The van der Waals surface area contributed by atoms with Crippen molar-refractivity contribution in [3.63, 3.8) is 0 Å². The number of hydrogen-bond acceptors (Lipinski definition) is 4. The van der Waals surface area contributed by atoms with Gasteiger partial charge in [0.25, 0.3) is 0 Å². The highest BCUT2D eigenvalue weighted by atomic mass is 35.5. The van der Waals surface area contributed by atoms with Crippen LogP contribution in [-0.4, -0.2) is 46.1 Å². The molecule has 0 saturated carbocycles. The van der Waals surface area contributed by atoms with Gasteiger partial charge in [0.05, 0.1) is 16.9 Å². The molecule has 2 atom stereocenters. The summed E-state index contributed by atoms with van der Waals surface area (Å²) in [6.45, 7) is 0.771. The second-order valence-corrected chi connectivity index (χ2v) is 7.64. The number of carbonyl (C=O) groups is 3. The Morgan fingerprint density at radius 3 is 2.96 bits per heavy atom. The van der Waals surface area contributed by atoms with Crippen LogP contribution in [0.2, 0.25) is 5.02 Å². The van der Waals surface area contributed by atoms with Crippen LogP contribution in [0.5, 0.6) is 0 Å². The first-order valence-electron chi connectivity index (χ1n) is 7.71. The lowest BCUT2D eigenvalue weighted by Crippen LogP contribution is -2.44. The molecule has 0 aromatic heterocycles. The van der Waals surface area contributed by atoms with E-state index in [2.05, 4.69) is 5.32 Å². The van der Waals surface area contributed by atoms with Gasteiger partial charge in [0.1, 0.15) is 0 Å². The van der Waals surface area contributed by atoms with Crippen molar-refractivity contribution in [2.75, 3.05) is 18.4 Å². The van der Waals surface area contributed by atoms with E-state index in [9.17, 15) is 14.4 Å². The van der Waals surface area contributed by atoms with Crippen molar-refractivity contribution in [3.05, 3.63) is 23.2 Å². The van der Waals surface area contributed by atoms with Crippen LogP contribution in [0.1, 0.15) is 19.3 Å². The molecule has 1 saturated heterocycles. The summed E-state index contributed by atoms with van der Waals surface area (Å²) in [7, 11) is 0. The van der Waals surface area contributed by atoms with Crippen molar-refractivity contribution in [3.8, 4) is 0 Å². The number of anilines is 1. The van der Waals surface area contributed by atoms with Crippen LogP contribution in [0, 0.1) is 5.92 Å². The van der Waals surface area contributed by atoms with Gasteiger partial charge in [0, 0.05) is 29.4 Å². The maximum absolute atomic E-state index is 12.5. The number of hydrogen-bond donors (Lipinski definition) is 2. The molecular weight excluding hydrogens is 352 g/mol. The molecule has 2 aliphatic heterocycles. The number of nitrogens with one attached hydrogen (secondary N) is 1. The first kappa shape index (κ1) is 17.1. The monoisotopic (exact) mass is 368 g/mol.